The Morgan fingerprint density at radius 1 is 1.17 bits per heavy atom. The first-order chi connectivity index (χ1) is 14.4. The number of thiol groups is 1. The van der Waals surface area contributed by atoms with Crippen molar-refractivity contribution in [2.24, 2.45) is 0 Å². The lowest BCUT2D eigenvalue weighted by Gasteiger charge is -2.18. The lowest BCUT2D eigenvalue weighted by atomic mass is 10.1. The number of aromatic amines is 1. The van der Waals surface area contributed by atoms with E-state index in [1.54, 1.807) is 36.5 Å². The SMILES string of the molecule is COc1ccc(-c2cc3ncncc3[nH]2)cc1NC(=O)N(S)c1cc(Cl)cc(Cl)c1. The minimum atomic E-state index is -0.505. The fourth-order valence-corrected chi connectivity index (χ4v) is 3.62. The van der Waals surface area contributed by atoms with Crippen molar-refractivity contribution in [2.75, 3.05) is 16.7 Å². The van der Waals surface area contributed by atoms with Crippen LogP contribution in [0.15, 0.2) is 55.0 Å². The van der Waals surface area contributed by atoms with E-state index in [9.17, 15) is 4.79 Å². The fraction of sp³-hybridized carbons (Fsp3) is 0.0500. The van der Waals surface area contributed by atoms with Gasteiger partial charge in [0, 0.05) is 21.3 Å². The van der Waals surface area contributed by atoms with E-state index in [1.165, 1.54) is 13.4 Å². The van der Waals surface area contributed by atoms with Crippen molar-refractivity contribution in [1.29, 1.82) is 0 Å². The summed E-state index contributed by atoms with van der Waals surface area (Å²) in [6.45, 7) is 0. The van der Waals surface area contributed by atoms with Crippen LogP contribution in [0.25, 0.3) is 22.3 Å². The van der Waals surface area contributed by atoms with Crippen LogP contribution in [-0.4, -0.2) is 28.1 Å². The molecule has 0 fully saturated rings. The second kappa shape index (κ2) is 8.43. The van der Waals surface area contributed by atoms with Crippen molar-refractivity contribution in [2.45, 2.75) is 0 Å². The normalized spacial score (nSPS) is 10.8. The molecular formula is C20H15Cl2N5O2S. The number of ether oxygens (including phenoxy) is 1. The predicted octanol–water partition coefficient (Wildman–Crippen LogP) is 5.82. The molecule has 152 valence electrons. The van der Waals surface area contributed by atoms with Crippen LogP contribution in [0.1, 0.15) is 0 Å². The highest BCUT2D eigenvalue weighted by atomic mass is 35.5. The molecule has 0 radical (unpaired) electrons. The third-order valence-electron chi connectivity index (χ3n) is 4.33. The Hall–Kier alpha value is -2.94. The van der Waals surface area contributed by atoms with E-state index in [1.807, 2.05) is 12.1 Å². The first kappa shape index (κ1) is 20.3. The highest BCUT2D eigenvalue weighted by Gasteiger charge is 2.17. The molecule has 2 heterocycles. The van der Waals surface area contributed by atoms with Crippen molar-refractivity contribution in [3.05, 3.63) is 65.0 Å². The third-order valence-corrected chi connectivity index (χ3v) is 5.18. The number of carbonyl (C=O) groups excluding carboxylic acids is 1. The number of amides is 2. The van der Waals surface area contributed by atoms with E-state index in [0.29, 0.717) is 27.2 Å². The standard InChI is InChI=1S/C20H15Cl2N5O2S/c1-29-19-3-2-11(15-8-16-18(25-15)9-23-10-24-16)4-17(19)26-20(28)27(30)14-6-12(21)5-13(22)7-14/h2-10,25,30H,1H3,(H,26,28). The van der Waals surface area contributed by atoms with Gasteiger partial charge in [0.15, 0.2) is 0 Å². The quantitative estimate of drug-likeness (QED) is 0.335. The Bertz CT molecular complexity index is 1190. The van der Waals surface area contributed by atoms with Crippen LogP contribution in [0.4, 0.5) is 16.2 Å². The number of H-pyrrole nitrogens is 1. The molecule has 0 aliphatic carbocycles. The number of fused-ring (bicyclic) bond motifs is 1. The summed E-state index contributed by atoms with van der Waals surface area (Å²) in [4.78, 5) is 24.3. The highest BCUT2D eigenvalue weighted by molar-refractivity contribution is 7.82. The molecule has 7 nitrogen and oxygen atoms in total. The maximum absolute atomic E-state index is 12.8. The van der Waals surface area contributed by atoms with Crippen molar-refractivity contribution >= 4 is 64.5 Å². The summed E-state index contributed by atoms with van der Waals surface area (Å²) in [5.41, 5.74) is 4.16. The lowest BCUT2D eigenvalue weighted by Crippen LogP contribution is -2.27. The molecule has 0 aliphatic rings. The molecule has 4 rings (SSSR count). The third kappa shape index (κ3) is 4.16. The average Bonchev–Trinajstić information content (AvgIpc) is 3.16. The number of urea groups is 1. The second-order valence-corrected chi connectivity index (χ2v) is 7.56. The van der Waals surface area contributed by atoms with Gasteiger partial charge < -0.3 is 15.0 Å². The number of methoxy groups -OCH3 is 1. The summed E-state index contributed by atoms with van der Waals surface area (Å²) in [6, 6.07) is 11.6. The number of nitrogens with zero attached hydrogens (tertiary/aromatic N) is 3. The molecule has 0 unspecified atom stereocenters. The fourth-order valence-electron chi connectivity index (χ4n) is 2.94. The predicted molar refractivity (Wildman–Crippen MR) is 123 cm³/mol. The molecule has 2 aromatic heterocycles. The van der Waals surface area contributed by atoms with Crippen LogP contribution >= 0.6 is 36.0 Å². The van der Waals surface area contributed by atoms with Gasteiger partial charge in [-0.15, -0.1) is 0 Å². The van der Waals surface area contributed by atoms with Crippen LogP contribution < -0.4 is 14.4 Å². The zero-order valence-corrected chi connectivity index (χ0v) is 18.0. The Morgan fingerprint density at radius 3 is 2.63 bits per heavy atom. The number of carbonyl (C=O) groups is 1. The lowest BCUT2D eigenvalue weighted by molar-refractivity contribution is 0.260. The molecule has 2 amide bonds. The van der Waals surface area contributed by atoms with Crippen molar-refractivity contribution < 1.29 is 9.53 Å². The minimum absolute atomic E-state index is 0.394. The maximum Gasteiger partial charge on any atom is 0.336 e. The molecule has 10 heteroatoms. The molecule has 0 saturated carbocycles. The van der Waals surface area contributed by atoms with Gasteiger partial charge >= 0.3 is 6.03 Å². The van der Waals surface area contributed by atoms with E-state index >= 15 is 0 Å². The molecule has 0 atom stereocenters. The second-order valence-electron chi connectivity index (χ2n) is 6.29. The van der Waals surface area contributed by atoms with Gasteiger partial charge in [-0.05, 0) is 42.5 Å². The summed E-state index contributed by atoms with van der Waals surface area (Å²) in [5, 5.41) is 3.59. The largest absolute Gasteiger partial charge is 0.495 e. The van der Waals surface area contributed by atoms with E-state index in [-0.39, 0.29) is 0 Å². The molecule has 2 N–H and O–H groups in total. The summed E-state index contributed by atoms with van der Waals surface area (Å²) in [5.74, 6) is 0.494. The Morgan fingerprint density at radius 2 is 1.93 bits per heavy atom. The zero-order valence-electron chi connectivity index (χ0n) is 15.6. The van der Waals surface area contributed by atoms with Gasteiger partial charge in [-0.25, -0.2) is 19.1 Å². The van der Waals surface area contributed by atoms with Crippen molar-refractivity contribution in [3.63, 3.8) is 0 Å². The van der Waals surface area contributed by atoms with Gasteiger partial charge in [-0.1, -0.05) is 36.0 Å². The number of halogens is 2. The number of benzene rings is 2. The maximum atomic E-state index is 12.8. The Labute approximate surface area is 187 Å². The molecule has 0 saturated heterocycles. The molecule has 4 aromatic rings. The van der Waals surface area contributed by atoms with Crippen LogP contribution in [0.3, 0.4) is 0 Å². The van der Waals surface area contributed by atoms with E-state index in [0.717, 1.165) is 26.6 Å². The van der Waals surface area contributed by atoms with Crippen LogP contribution in [0.2, 0.25) is 10.0 Å². The molecule has 0 aliphatic heterocycles. The Balaban J connectivity index is 1.64. The number of hydrogen-bond acceptors (Lipinski definition) is 5. The minimum Gasteiger partial charge on any atom is -0.495 e. The first-order valence-electron chi connectivity index (χ1n) is 8.68. The van der Waals surface area contributed by atoms with E-state index in [4.69, 9.17) is 27.9 Å². The average molecular weight is 460 g/mol. The molecule has 0 bridgehead atoms. The van der Waals surface area contributed by atoms with Gasteiger partial charge in [0.2, 0.25) is 0 Å². The monoisotopic (exact) mass is 459 g/mol. The number of nitrogens with one attached hydrogen (secondary N) is 2. The van der Waals surface area contributed by atoms with Crippen LogP contribution in [-0.2, 0) is 0 Å². The van der Waals surface area contributed by atoms with Gasteiger partial charge in [-0.2, -0.15) is 0 Å². The highest BCUT2D eigenvalue weighted by Crippen LogP contribution is 2.33. The van der Waals surface area contributed by atoms with Gasteiger partial charge in [0.25, 0.3) is 0 Å². The van der Waals surface area contributed by atoms with Gasteiger partial charge in [-0.3, -0.25) is 0 Å². The van der Waals surface area contributed by atoms with E-state index < -0.39 is 6.03 Å². The summed E-state index contributed by atoms with van der Waals surface area (Å²) in [6.07, 6.45) is 3.19. The number of anilines is 2. The molecular weight excluding hydrogens is 445 g/mol. The van der Waals surface area contributed by atoms with Crippen LogP contribution in [0, 0.1) is 0 Å². The Kier molecular flexibility index (Phi) is 5.72. The number of hydrogen-bond donors (Lipinski definition) is 3. The van der Waals surface area contributed by atoms with Gasteiger partial charge in [0.05, 0.1) is 35.7 Å². The topological polar surface area (TPSA) is 83.1 Å². The smallest absolute Gasteiger partial charge is 0.336 e. The zero-order chi connectivity index (χ0) is 21.3. The van der Waals surface area contributed by atoms with Gasteiger partial charge in [0.1, 0.15) is 12.1 Å². The van der Waals surface area contributed by atoms with E-state index in [2.05, 4.69) is 33.1 Å². The summed E-state index contributed by atoms with van der Waals surface area (Å²) in [7, 11) is 1.53. The first-order valence-corrected chi connectivity index (χ1v) is 9.83. The van der Waals surface area contributed by atoms with Crippen LogP contribution in [0.5, 0.6) is 5.75 Å². The summed E-state index contributed by atoms with van der Waals surface area (Å²) >= 11 is 16.3. The van der Waals surface area contributed by atoms with Crippen molar-refractivity contribution in [1.82, 2.24) is 15.0 Å². The molecule has 30 heavy (non-hydrogen) atoms. The van der Waals surface area contributed by atoms with Crippen molar-refractivity contribution in [3.8, 4) is 17.0 Å². The summed E-state index contributed by atoms with van der Waals surface area (Å²) < 4.78 is 6.50. The molecule has 0 spiro atoms. The number of aromatic nitrogens is 3. The number of rotatable bonds is 4. The molecule has 2 aromatic carbocycles.